The first-order valence-electron chi connectivity index (χ1n) is 7.91. The van der Waals surface area contributed by atoms with Crippen LogP contribution in [0.4, 0.5) is 0 Å². The van der Waals surface area contributed by atoms with Crippen molar-refractivity contribution in [3.8, 4) is 11.5 Å². The van der Waals surface area contributed by atoms with Gasteiger partial charge < -0.3 is 15.2 Å². The fraction of sp³-hybridized carbons (Fsp3) is 0.647. The monoisotopic (exact) mass is 307 g/mol. The fourth-order valence-corrected chi connectivity index (χ4v) is 4.72. The van der Waals surface area contributed by atoms with Crippen molar-refractivity contribution in [3.63, 3.8) is 0 Å². The number of nitrogens with two attached hydrogens (primary N) is 1. The molecule has 1 saturated carbocycles. The molecule has 116 valence electrons. The van der Waals surface area contributed by atoms with E-state index in [0.29, 0.717) is 12.6 Å². The second-order valence-corrected chi connectivity index (χ2v) is 7.28. The minimum absolute atomic E-state index is 0.0790. The first-order valence-corrected chi connectivity index (χ1v) is 9.06. The predicted molar refractivity (Wildman–Crippen MR) is 88.6 cm³/mol. The van der Waals surface area contributed by atoms with E-state index < -0.39 is 0 Å². The highest BCUT2D eigenvalue weighted by atomic mass is 32.2. The third-order valence-corrected chi connectivity index (χ3v) is 6.03. The molecule has 0 bridgehead atoms. The topological polar surface area (TPSA) is 44.5 Å². The molecule has 4 heteroatoms. The van der Waals surface area contributed by atoms with Gasteiger partial charge in [0.2, 0.25) is 0 Å². The molecule has 1 heterocycles. The summed E-state index contributed by atoms with van der Waals surface area (Å²) in [6.45, 7) is 0.690. The van der Waals surface area contributed by atoms with Crippen LogP contribution in [-0.2, 0) is 5.41 Å². The van der Waals surface area contributed by atoms with E-state index in [2.05, 4.69) is 12.1 Å². The molecule has 2 aliphatic rings. The van der Waals surface area contributed by atoms with E-state index in [-0.39, 0.29) is 5.41 Å². The Hall–Kier alpha value is -0.870. The van der Waals surface area contributed by atoms with Gasteiger partial charge in [-0.3, -0.25) is 0 Å². The van der Waals surface area contributed by atoms with Gasteiger partial charge in [0.15, 0.2) is 11.5 Å². The maximum atomic E-state index is 6.37. The Morgan fingerprint density at radius 2 is 2.14 bits per heavy atom. The van der Waals surface area contributed by atoms with E-state index in [9.17, 15) is 0 Å². The van der Waals surface area contributed by atoms with Crippen LogP contribution in [-0.4, -0.2) is 31.3 Å². The first kappa shape index (κ1) is 15.0. The maximum Gasteiger partial charge on any atom is 0.165 e. The summed E-state index contributed by atoms with van der Waals surface area (Å²) in [5.41, 5.74) is 7.51. The molecule has 1 unspecified atom stereocenters. The third kappa shape index (κ3) is 2.88. The summed E-state index contributed by atoms with van der Waals surface area (Å²) in [4.78, 5) is 0. The van der Waals surface area contributed by atoms with E-state index >= 15 is 0 Å². The number of rotatable bonds is 5. The Balaban J connectivity index is 1.98. The summed E-state index contributed by atoms with van der Waals surface area (Å²) in [5, 5.41) is 0. The zero-order valence-electron chi connectivity index (χ0n) is 12.8. The van der Waals surface area contributed by atoms with Crippen LogP contribution in [0.15, 0.2) is 18.2 Å². The molecule has 0 radical (unpaired) electrons. The highest BCUT2D eigenvalue weighted by Gasteiger charge is 2.38. The molecule has 1 aliphatic heterocycles. The van der Waals surface area contributed by atoms with Crippen molar-refractivity contribution >= 4 is 11.8 Å². The van der Waals surface area contributed by atoms with Gasteiger partial charge in [-0.05, 0) is 31.1 Å². The molecule has 0 spiro atoms. The predicted octanol–water partition coefficient (Wildman–Crippen LogP) is 3.35. The van der Waals surface area contributed by atoms with Crippen molar-refractivity contribution in [3.05, 3.63) is 23.8 Å². The Morgan fingerprint density at radius 3 is 2.76 bits per heavy atom. The van der Waals surface area contributed by atoms with Crippen LogP contribution >= 0.6 is 11.8 Å². The van der Waals surface area contributed by atoms with Crippen LogP contribution in [0.25, 0.3) is 0 Å². The lowest BCUT2D eigenvalue weighted by Crippen LogP contribution is -2.33. The van der Waals surface area contributed by atoms with Crippen LogP contribution in [0.1, 0.15) is 37.7 Å². The lowest BCUT2D eigenvalue weighted by atomic mass is 9.78. The minimum Gasteiger partial charge on any atom is -0.493 e. The molecular formula is C17H25NO2S. The Bertz CT molecular complexity index is 480. The largest absolute Gasteiger partial charge is 0.493 e. The van der Waals surface area contributed by atoms with Crippen LogP contribution in [0.2, 0.25) is 0 Å². The van der Waals surface area contributed by atoms with Crippen molar-refractivity contribution in [2.24, 2.45) is 5.73 Å². The molecule has 3 nitrogen and oxygen atoms in total. The van der Waals surface area contributed by atoms with Crippen molar-refractivity contribution in [1.82, 2.24) is 0 Å². The van der Waals surface area contributed by atoms with Crippen molar-refractivity contribution in [2.45, 2.75) is 43.6 Å². The molecule has 1 aromatic rings. The second kappa shape index (κ2) is 6.49. The molecule has 3 rings (SSSR count). The first-order chi connectivity index (χ1) is 10.3. The van der Waals surface area contributed by atoms with Crippen molar-refractivity contribution in [2.75, 3.05) is 25.2 Å². The van der Waals surface area contributed by atoms with E-state index in [4.69, 9.17) is 15.2 Å². The zero-order chi connectivity index (χ0) is 14.7. The molecule has 1 atom stereocenters. The molecule has 1 saturated heterocycles. The molecule has 0 amide bonds. The van der Waals surface area contributed by atoms with Gasteiger partial charge in [-0.2, -0.15) is 11.8 Å². The summed E-state index contributed by atoms with van der Waals surface area (Å²) in [6.07, 6.45) is 6.26. The quantitative estimate of drug-likeness (QED) is 0.906. The van der Waals surface area contributed by atoms with Crippen LogP contribution in [0, 0.1) is 0 Å². The lowest BCUT2D eigenvalue weighted by Gasteiger charge is -2.31. The molecular weight excluding hydrogens is 282 g/mol. The summed E-state index contributed by atoms with van der Waals surface area (Å²) in [5.74, 6) is 4.06. The van der Waals surface area contributed by atoms with E-state index in [0.717, 1.165) is 36.5 Å². The Morgan fingerprint density at radius 1 is 1.33 bits per heavy atom. The van der Waals surface area contributed by atoms with Gasteiger partial charge in [0, 0.05) is 23.3 Å². The van der Waals surface area contributed by atoms with Crippen LogP contribution < -0.4 is 15.2 Å². The molecule has 2 N–H and O–H groups in total. The number of hydrogen-bond acceptors (Lipinski definition) is 4. The standard InChI is InChI=1S/C17H25NO2S/c1-19-15-6-4-5-14(17(12-18)8-2-3-9-17)16(15)20-13-7-10-21-11-13/h4-6,13H,2-3,7-12,18H2,1H3. The fourth-order valence-electron chi connectivity index (χ4n) is 3.62. The number of para-hydroxylation sites is 1. The normalized spacial score (nSPS) is 24.2. The number of hydrogen-bond donors (Lipinski definition) is 1. The summed E-state index contributed by atoms with van der Waals surface area (Å²) in [6, 6.07) is 6.26. The number of benzene rings is 1. The summed E-state index contributed by atoms with van der Waals surface area (Å²) >= 11 is 1.97. The average Bonchev–Trinajstić information content (AvgIpc) is 3.19. The van der Waals surface area contributed by atoms with Crippen LogP contribution in [0.3, 0.4) is 0 Å². The second-order valence-electron chi connectivity index (χ2n) is 6.13. The van der Waals surface area contributed by atoms with Gasteiger partial charge >= 0.3 is 0 Å². The summed E-state index contributed by atoms with van der Waals surface area (Å²) in [7, 11) is 1.72. The van der Waals surface area contributed by atoms with E-state index in [1.807, 2.05) is 17.8 Å². The number of ether oxygens (including phenoxy) is 2. The molecule has 0 aromatic heterocycles. The van der Waals surface area contributed by atoms with E-state index in [1.54, 1.807) is 7.11 Å². The molecule has 2 fully saturated rings. The lowest BCUT2D eigenvalue weighted by molar-refractivity contribution is 0.211. The average molecular weight is 307 g/mol. The number of thioether (sulfide) groups is 1. The van der Waals surface area contributed by atoms with Gasteiger partial charge in [0.25, 0.3) is 0 Å². The highest BCUT2D eigenvalue weighted by Crippen LogP contribution is 2.47. The zero-order valence-corrected chi connectivity index (χ0v) is 13.6. The smallest absolute Gasteiger partial charge is 0.165 e. The van der Waals surface area contributed by atoms with E-state index in [1.165, 1.54) is 24.2 Å². The Labute approximate surface area is 131 Å². The van der Waals surface area contributed by atoms with Gasteiger partial charge in [-0.1, -0.05) is 25.0 Å². The number of methoxy groups -OCH3 is 1. The van der Waals surface area contributed by atoms with Gasteiger partial charge in [0.05, 0.1) is 7.11 Å². The minimum atomic E-state index is 0.0790. The Kier molecular flexibility index (Phi) is 4.65. The van der Waals surface area contributed by atoms with Gasteiger partial charge in [0.1, 0.15) is 6.10 Å². The van der Waals surface area contributed by atoms with Crippen molar-refractivity contribution < 1.29 is 9.47 Å². The van der Waals surface area contributed by atoms with Crippen molar-refractivity contribution in [1.29, 1.82) is 0 Å². The SMILES string of the molecule is COc1cccc(C2(CN)CCCC2)c1OC1CCSC1. The van der Waals surface area contributed by atoms with Gasteiger partial charge in [-0.15, -0.1) is 0 Å². The van der Waals surface area contributed by atoms with Crippen LogP contribution in [0.5, 0.6) is 11.5 Å². The summed E-state index contributed by atoms with van der Waals surface area (Å²) < 4.78 is 11.9. The molecule has 21 heavy (non-hydrogen) atoms. The van der Waals surface area contributed by atoms with Gasteiger partial charge in [-0.25, -0.2) is 0 Å². The molecule has 1 aliphatic carbocycles. The highest BCUT2D eigenvalue weighted by molar-refractivity contribution is 7.99. The third-order valence-electron chi connectivity index (χ3n) is 4.89. The maximum absolute atomic E-state index is 6.37. The molecule has 1 aromatic carbocycles.